The Morgan fingerprint density at radius 3 is 2.34 bits per heavy atom. The highest BCUT2D eigenvalue weighted by Gasteiger charge is 2.37. The lowest BCUT2D eigenvalue weighted by atomic mass is 9.79. The van der Waals surface area contributed by atoms with Gasteiger partial charge < -0.3 is 25.7 Å². The number of aromatic carboxylic acids is 1. The number of rotatable bonds is 8. The topological polar surface area (TPSA) is 132 Å². The van der Waals surface area contributed by atoms with Gasteiger partial charge in [-0.2, -0.15) is 13.2 Å². The number of carbonyl (C=O) groups excluding carboxylic acids is 2. The number of carbonyl (C=O) groups is 3. The number of aromatic nitrogens is 1. The van der Waals surface area contributed by atoms with Crippen LogP contribution in [0.1, 0.15) is 64.1 Å². The fourth-order valence-electron chi connectivity index (χ4n) is 5.85. The standard InChI is InChI=1S/C32H33F3N4O5/c33-32(34,35)24-6-2-4-21(16-24)29(41)37-18-28(40)39-14-11-26(19-39)38-25-9-12-31(44,13-10-25)27-8-7-23(17-36-27)20-3-1-5-22(15-20)30(42)43/h1-8,15-17,25-26,38,44H,9-14,18-19H2,(H,37,41)(H,42,43). The van der Waals surface area contributed by atoms with E-state index < -0.39 is 29.2 Å². The van der Waals surface area contributed by atoms with Crippen LogP contribution < -0.4 is 10.6 Å². The molecule has 0 radical (unpaired) electrons. The molecule has 2 aromatic carbocycles. The summed E-state index contributed by atoms with van der Waals surface area (Å²) in [6.07, 6.45) is 0.217. The van der Waals surface area contributed by atoms with Crippen molar-refractivity contribution in [3.63, 3.8) is 0 Å². The van der Waals surface area contributed by atoms with Gasteiger partial charge in [-0.15, -0.1) is 0 Å². The van der Waals surface area contributed by atoms with E-state index in [1.165, 1.54) is 12.1 Å². The summed E-state index contributed by atoms with van der Waals surface area (Å²) in [4.78, 5) is 42.4. The second-order valence-electron chi connectivity index (χ2n) is 11.4. The van der Waals surface area contributed by atoms with Crippen molar-refractivity contribution < 1.29 is 37.8 Å². The Morgan fingerprint density at radius 2 is 1.66 bits per heavy atom. The maximum atomic E-state index is 12.9. The molecule has 2 aliphatic rings. The van der Waals surface area contributed by atoms with Gasteiger partial charge in [0.1, 0.15) is 5.60 Å². The number of alkyl halides is 3. The lowest BCUT2D eigenvalue weighted by molar-refractivity contribution is -0.137. The summed E-state index contributed by atoms with van der Waals surface area (Å²) in [5, 5.41) is 26.6. The van der Waals surface area contributed by atoms with Gasteiger partial charge in [0.15, 0.2) is 0 Å². The summed E-state index contributed by atoms with van der Waals surface area (Å²) < 4.78 is 38.8. The number of hydrogen-bond donors (Lipinski definition) is 4. The summed E-state index contributed by atoms with van der Waals surface area (Å²) >= 11 is 0. The van der Waals surface area contributed by atoms with E-state index in [1.54, 1.807) is 29.3 Å². The Morgan fingerprint density at radius 1 is 0.932 bits per heavy atom. The number of likely N-dealkylation sites (tertiary alicyclic amines) is 1. The van der Waals surface area contributed by atoms with Gasteiger partial charge in [0.25, 0.3) is 5.91 Å². The van der Waals surface area contributed by atoms with E-state index in [0.717, 1.165) is 35.7 Å². The molecule has 12 heteroatoms. The molecule has 1 saturated carbocycles. The average molecular weight is 611 g/mol. The first-order chi connectivity index (χ1) is 20.9. The van der Waals surface area contributed by atoms with Gasteiger partial charge in [0.2, 0.25) is 5.91 Å². The molecule has 2 heterocycles. The summed E-state index contributed by atoms with van der Waals surface area (Å²) in [5.74, 6) is -2.06. The number of carboxylic acid groups (broad SMARTS) is 1. The van der Waals surface area contributed by atoms with Crippen LogP contribution in [0.15, 0.2) is 66.9 Å². The largest absolute Gasteiger partial charge is 0.478 e. The summed E-state index contributed by atoms with van der Waals surface area (Å²) in [7, 11) is 0. The molecule has 2 fully saturated rings. The molecule has 232 valence electrons. The minimum atomic E-state index is -4.57. The lowest BCUT2D eigenvalue weighted by Gasteiger charge is -2.37. The molecule has 1 aliphatic heterocycles. The fraction of sp³-hybridized carbons (Fsp3) is 0.375. The molecule has 44 heavy (non-hydrogen) atoms. The number of amides is 2. The number of aliphatic hydroxyl groups is 1. The lowest BCUT2D eigenvalue weighted by Crippen LogP contribution is -2.46. The summed E-state index contributed by atoms with van der Waals surface area (Å²) in [6.45, 7) is 0.637. The Hall–Kier alpha value is -4.29. The van der Waals surface area contributed by atoms with Crippen molar-refractivity contribution >= 4 is 17.8 Å². The number of carboxylic acids is 1. The smallest absolute Gasteiger partial charge is 0.416 e. The maximum Gasteiger partial charge on any atom is 0.416 e. The fourth-order valence-corrected chi connectivity index (χ4v) is 5.85. The third-order valence-electron chi connectivity index (χ3n) is 8.36. The minimum Gasteiger partial charge on any atom is -0.478 e. The van der Waals surface area contributed by atoms with Crippen molar-refractivity contribution in [2.24, 2.45) is 0 Å². The van der Waals surface area contributed by atoms with Crippen LogP contribution in [-0.2, 0) is 16.6 Å². The van der Waals surface area contributed by atoms with E-state index in [1.807, 2.05) is 12.1 Å². The van der Waals surface area contributed by atoms with Crippen LogP contribution in [0.2, 0.25) is 0 Å². The van der Waals surface area contributed by atoms with Crippen LogP contribution in [0, 0.1) is 0 Å². The molecule has 0 bridgehead atoms. The van der Waals surface area contributed by atoms with E-state index in [9.17, 15) is 37.8 Å². The van der Waals surface area contributed by atoms with Gasteiger partial charge in [-0.25, -0.2) is 4.79 Å². The highest BCUT2D eigenvalue weighted by atomic mass is 19.4. The molecule has 1 aromatic heterocycles. The molecule has 1 saturated heterocycles. The maximum absolute atomic E-state index is 12.9. The summed E-state index contributed by atoms with van der Waals surface area (Å²) in [5.41, 5.74) is 0.0705. The van der Waals surface area contributed by atoms with Crippen LogP contribution in [0.3, 0.4) is 0 Å². The number of nitrogens with one attached hydrogen (secondary N) is 2. The second kappa shape index (κ2) is 12.7. The third-order valence-corrected chi connectivity index (χ3v) is 8.36. The van der Waals surface area contributed by atoms with Crippen molar-refractivity contribution in [3.8, 4) is 11.1 Å². The predicted molar refractivity (Wildman–Crippen MR) is 155 cm³/mol. The molecule has 5 rings (SSSR count). The molecule has 2 amide bonds. The molecule has 0 spiro atoms. The van der Waals surface area contributed by atoms with Gasteiger partial charge in [0, 0.05) is 42.5 Å². The average Bonchev–Trinajstić information content (AvgIpc) is 3.49. The van der Waals surface area contributed by atoms with Crippen LogP contribution in [-0.4, -0.2) is 69.6 Å². The van der Waals surface area contributed by atoms with Crippen LogP contribution in [0.25, 0.3) is 11.1 Å². The molecule has 3 aromatic rings. The first kappa shape index (κ1) is 31.1. The number of hydrogen-bond acceptors (Lipinski definition) is 6. The highest BCUT2D eigenvalue weighted by Crippen LogP contribution is 2.37. The molecule has 1 atom stereocenters. The number of benzene rings is 2. The van der Waals surface area contributed by atoms with Crippen molar-refractivity contribution in [3.05, 3.63) is 89.2 Å². The van der Waals surface area contributed by atoms with E-state index in [-0.39, 0.29) is 35.7 Å². The van der Waals surface area contributed by atoms with Crippen LogP contribution >= 0.6 is 0 Å². The Balaban J connectivity index is 1.08. The Labute approximate surface area is 252 Å². The number of nitrogens with zero attached hydrogens (tertiary/aromatic N) is 2. The Kier molecular flexibility index (Phi) is 9.02. The van der Waals surface area contributed by atoms with Crippen molar-refractivity contribution in [1.29, 1.82) is 0 Å². The Bertz CT molecular complexity index is 1520. The normalized spacial score (nSPS) is 22.0. The molecular weight excluding hydrogens is 577 g/mol. The monoisotopic (exact) mass is 610 g/mol. The van der Waals surface area contributed by atoms with E-state index in [4.69, 9.17) is 0 Å². The van der Waals surface area contributed by atoms with Gasteiger partial charge in [-0.1, -0.05) is 24.3 Å². The molecular formula is C32H33F3N4O5. The quantitative estimate of drug-likeness (QED) is 0.301. The molecule has 1 unspecified atom stereocenters. The van der Waals surface area contributed by atoms with Gasteiger partial charge in [0.05, 0.1) is 23.4 Å². The second-order valence-corrected chi connectivity index (χ2v) is 11.4. The molecule has 4 N–H and O–H groups in total. The summed E-state index contributed by atoms with van der Waals surface area (Å²) in [6, 6.07) is 14.5. The first-order valence-corrected chi connectivity index (χ1v) is 14.4. The molecule has 1 aliphatic carbocycles. The highest BCUT2D eigenvalue weighted by molar-refractivity contribution is 5.96. The molecule has 9 nitrogen and oxygen atoms in total. The zero-order valence-electron chi connectivity index (χ0n) is 23.8. The minimum absolute atomic E-state index is 0.0493. The predicted octanol–water partition coefficient (Wildman–Crippen LogP) is 4.22. The number of halogens is 3. The van der Waals surface area contributed by atoms with Crippen LogP contribution in [0.5, 0.6) is 0 Å². The van der Waals surface area contributed by atoms with Crippen molar-refractivity contribution in [2.75, 3.05) is 19.6 Å². The van der Waals surface area contributed by atoms with Gasteiger partial charge in [-0.3, -0.25) is 14.6 Å². The zero-order valence-corrected chi connectivity index (χ0v) is 23.8. The van der Waals surface area contributed by atoms with Crippen LogP contribution in [0.4, 0.5) is 13.2 Å². The zero-order chi connectivity index (χ0) is 31.5. The van der Waals surface area contributed by atoms with Crippen molar-refractivity contribution in [1.82, 2.24) is 20.5 Å². The number of pyridine rings is 1. The first-order valence-electron chi connectivity index (χ1n) is 14.4. The van der Waals surface area contributed by atoms with Gasteiger partial charge in [-0.05, 0) is 74.1 Å². The van der Waals surface area contributed by atoms with Crippen molar-refractivity contribution in [2.45, 2.75) is 56.0 Å². The SMILES string of the molecule is O=C(O)c1cccc(-c2ccc(C3(O)CCC(NC4CCN(C(=O)CNC(=O)c5cccc(C(F)(F)F)c5)C4)CC3)nc2)c1. The van der Waals surface area contributed by atoms with E-state index in [2.05, 4.69) is 15.6 Å². The van der Waals surface area contributed by atoms with E-state index >= 15 is 0 Å². The van der Waals surface area contributed by atoms with Gasteiger partial charge >= 0.3 is 12.1 Å². The van der Waals surface area contributed by atoms with E-state index in [0.29, 0.717) is 44.5 Å². The third kappa shape index (κ3) is 7.25.